The third kappa shape index (κ3) is 2.25. The molecular formula is C10H8BrF3N4O. The molecule has 0 radical (unpaired) electrons. The molecule has 2 N–H and O–H groups in total. The number of anilines is 1. The molecule has 5 nitrogen and oxygen atoms in total. The average molecular weight is 337 g/mol. The molecule has 2 rings (SSSR count). The van der Waals surface area contributed by atoms with E-state index < -0.39 is 18.1 Å². The molecule has 1 aromatic carbocycles. The number of alkyl halides is 2. The van der Waals surface area contributed by atoms with Gasteiger partial charge in [-0.3, -0.25) is 0 Å². The van der Waals surface area contributed by atoms with E-state index >= 15 is 0 Å². The number of hydrogen-bond acceptors (Lipinski definition) is 3. The molecule has 0 aliphatic carbocycles. The summed E-state index contributed by atoms with van der Waals surface area (Å²) in [5, 5.41) is 3.61. The maximum atomic E-state index is 13.8. The molecule has 0 atom stereocenters. The van der Waals surface area contributed by atoms with Crippen molar-refractivity contribution in [3.8, 4) is 5.69 Å². The summed E-state index contributed by atoms with van der Waals surface area (Å²) in [5.41, 5.74) is 4.31. The number of rotatable bonds is 2. The summed E-state index contributed by atoms with van der Waals surface area (Å²) in [6.07, 6.45) is 0. The van der Waals surface area contributed by atoms with Crippen LogP contribution in [-0.2, 0) is 0 Å². The first-order valence-corrected chi connectivity index (χ1v) is 5.83. The number of aromatic nitrogens is 3. The molecule has 0 amide bonds. The second-order valence-electron chi connectivity index (χ2n) is 3.71. The second kappa shape index (κ2) is 4.72. The zero-order valence-electron chi connectivity index (χ0n) is 9.57. The molecule has 2 aromatic rings. The van der Waals surface area contributed by atoms with Crippen molar-refractivity contribution in [1.82, 2.24) is 14.3 Å². The Bertz CT molecular complexity index is 695. The lowest BCUT2D eigenvalue weighted by atomic mass is 10.3. The van der Waals surface area contributed by atoms with Crippen LogP contribution in [0.2, 0.25) is 0 Å². The molecule has 0 saturated carbocycles. The Morgan fingerprint density at radius 3 is 2.58 bits per heavy atom. The van der Waals surface area contributed by atoms with E-state index in [9.17, 15) is 18.0 Å². The highest BCUT2D eigenvalue weighted by Crippen LogP contribution is 2.25. The van der Waals surface area contributed by atoms with E-state index in [0.29, 0.717) is 9.15 Å². The van der Waals surface area contributed by atoms with Crippen LogP contribution < -0.4 is 11.4 Å². The van der Waals surface area contributed by atoms with Gasteiger partial charge < -0.3 is 5.73 Å². The van der Waals surface area contributed by atoms with Crippen LogP contribution in [0.15, 0.2) is 21.4 Å². The largest absolute Gasteiger partial charge is 0.398 e. The fraction of sp³-hybridized carbons (Fsp3) is 0.200. The van der Waals surface area contributed by atoms with E-state index in [-0.39, 0.29) is 21.8 Å². The van der Waals surface area contributed by atoms with Crippen LogP contribution in [0.3, 0.4) is 0 Å². The third-order valence-electron chi connectivity index (χ3n) is 2.47. The number of benzene rings is 1. The van der Waals surface area contributed by atoms with Crippen LogP contribution in [0.4, 0.5) is 18.9 Å². The van der Waals surface area contributed by atoms with Gasteiger partial charge in [-0.2, -0.15) is 13.5 Å². The van der Waals surface area contributed by atoms with Crippen LogP contribution in [0.5, 0.6) is 0 Å². The minimum atomic E-state index is -3.04. The Kier molecular flexibility index (Phi) is 3.40. The van der Waals surface area contributed by atoms with Crippen LogP contribution >= 0.6 is 15.9 Å². The molecule has 0 aliphatic rings. The summed E-state index contributed by atoms with van der Waals surface area (Å²) in [4.78, 5) is 11.7. The molecule has 0 fully saturated rings. The molecule has 0 aliphatic heterocycles. The van der Waals surface area contributed by atoms with E-state index in [1.54, 1.807) is 0 Å². The molecule has 0 unspecified atom stereocenters. The molecule has 9 heteroatoms. The Morgan fingerprint density at radius 1 is 1.42 bits per heavy atom. The van der Waals surface area contributed by atoms with Crippen molar-refractivity contribution in [2.75, 3.05) is 5.73 Å². The van der Waals surface area contributed by atoms with E-state index in [1.807, 2.05) is 0 Å². The first-order chi connectivity index (χ1) is 8.82. The molecule has 0 bridgehead atoms. The van der Waals surface area contributed by atoms with Crippen molar-refractivity contribution in [2.24, 2.45) is 0 Å². The molecule has 0 spiro atoms. The van der Waals surface area contributed by atoms with Gasteiger partial charge in [-0.25, -0.2) is 13.8 Å². The fourth-order valence-electron chi connectivity index (χ4n) is 1.57. The Hall–Kier alpha value is -1.77. The molecule has 1 heterocycles. The van der Waals surface area contributed by atoms with E-state index in [4.69, 9.17) is 5.73 Å². The minimum Gasteiger partial charge on any atom is -0.398 e. The molecule has 0 saturated heterocycles. The monoisotopic (exact) mass is 336 g/mol. The number of nitrogen functional groups attached to an aromatic ring is 1. The summed E-state index contributed by atoms with van der Waals surface area (Å²) < 4.78 is 40.1. The van der Waals surface area contributed by atoms with Crippen LogP contribution in [-0.4, -0.2) is 14.3 Å². The summed E-state index contributed by atoms with van der Waals surface area (Å²) in [5.74, 6) is -1.03. The van der Waals surface area contributed by atoms with Crippen molar-refractivity contribution < 1.29 is 13.2 Å². The number of nitrogens with two attached hydrogens (primary N) is 1. The highest BCUT2D eigenvalue weighted by Gasteiger charge is 2.20. The third-order valence-corrected chi connectivity index (χ3v) is 3.16. The molecule has 1 aromatic heterocycles. The lowest BCUT2D eigenvalue weighted by molar-refractivity contribution is 0.0640. The van der Waals surface area contributed by atoms with Gasteiger partial charge in [-0.1, -0.05) is 0 Å². The van der Waals surface area contributed by atoms with Crippen molar-refractivity contribution in [3.63, 3.8) is 0 Å². The van der Waals surface area contributed by atoms with Crippen molar-refractivity contribution >= 4 is 21.6 Å². The summed E-state index contributed by atoms with van der Waals surface area (Å²) in [6, 6.07) is 2.18. The normalized spacial score (nSPS) is 11.3. The van der Waals surface area contributed by atoms with Gasteiger partial charge in [0.2, 0.25) is 0 Å². The Labute approximate surface area is 113 Å². The van der Waals surface area contributed by atoms with E-state index in [0.717, 1.165) is 12.1 Å². The van der Waals surface area contributed by atoms with Crippen LogP contribution in [0, 0.1) is 12.7 Å². The van der Waals surface area contributed by atoms with Crippen molar-refractivity contribution in [1.29, 1.82) is 0 Å². The summed E-state index contributed by atoms with van der Waals surface area (Å²) in [6.45, 7) is -1.82. The van der Waals surface area contributed by atoms with Crippen molar-refractivity contribution in [3.05, 3.63) is 38.7 Å². The van der Waals surface area contributed by atoms with Gasteiger partial charge >= 0.3 is 12.2 Å². The van der Waals surface area contributed by atoms with Gasteiger partial charge in [0.25, 0.3) is 0 Å². The maximum absolute atomic E-state index is 13.8. The highest BCUT2D eigenvalue weighted by molar-refractivity contribution is 9.10. The van der Waals surface area contributed by atoms with Crippen LogP contribution in [0.1, 0.15) is 12.4 Å². The predicted octanol–water partition coefficient (Wildman–Crippen LogP) is 2.22. The van der Waals surface area contributed by atoms with Crippen LogP contribution in [0.25, 0.3) is 5.69 Å². The fourth-order valence-corrected chi connectivity index (χ4v) is 1.89. The predicted molar refractivity (Wildman–Crippen MR) is 65.9 cm³/mol. The molecule has 102 valence electrons. The highest BCUT2D eigenvalue weighted by atomic mass is 79.9. The van der Waals surface area contributed by atoms with Gasteiger partial charge in [-0.05, 0) is 35.0 Å². The molecular weight excluding hydrogens is 329 g/mol. The minimum absolute atomic E-state index is 0.160. The van der Waals surface area contributed by atoms with Gasteiger partial charge in [0.1, 0.15) is 17.3 Å². The maximum Gasteiger partial charge on any atom is 0.355 e. The Morgan fingerprint density at radius 2 is 2.05 bits per heavy atom. The zero-order chi connectivity index (χ0) is 14.3. The van der Waals surface area contributed by atoms with E-state index in [2.05, 4.69) is 21.0 Å². The lowest BCUT2D eigenvalue weighted by Gasteiger charge is -2.05. The molecule has 19 heavy (non-hydrogen) atoms. The van der Waals surface area contributed by atoms with E-state index in [1.165, 1.54) is 6.92 Å². The lowest BCUT2D eigenvalue weighted by Crippen LogP contribution is -2.25. The smallest absolute Gasteiger partial charge is 0.355 e. The first kappa shape index (κ1) is 13.7. The zero-order valence-corrected chi connectivity index (χ0v) is 11.2. The SMILES string of the molecule is Cc1nn(-c2cc(N)c(Br)cc2F)c(=O)n1C(F)F. The average Bonchev–Trinajstić information content (AvgIpc) is 2.59. The Balaban J connectivity index is 2.70. The standard InChI is InChI=1S/C10H8BrF3N4O/c1-4-16-18(10(19)17(4)9(13)14)8-3-7(15)5(11)2-6(8)12/h2-3,9H,15H2,1H3. The number of hydrogen-bond donors (Lipinski definition) is 1. The number of nitrogens with zero attached hydrogens (tertiary/aromatic N) is 3. The number of halogens is 4. The topological polar surface area (TPSA) is 65.8 Å². The summed E-state index contributed by atoms with van der Waals surface area (Å²) >= 11 is 3.02. The van der Waals surface area contributed by atoms with Gasteiger partial charge in [-0.15, -0.1) is 5.10 Å². The van der Waals surface area contributed by atoms with Gasteiger partial charge in [0, 0.05) is 10.2 Å². The quantitative estimate of drug-likeness (QED) is 0.855. The summed E-state index contributed by atoms with van der Waals surface area (Å²) in [7, 11) is 0. The number of aryl methyl sites for hydroxylation is 1. The van der Waals surface area contributed by atoms with Gasteiger partial charge in [0.15, 0.2) is 0 Å². The second-order valence-corrected chi connectivity index (χ2v) is 4.57. The van der Waals surface area contributed by atoms with Gasteiger partial charge in [0.05, 0.1) is 0 Å². The first-order valence-electron chi connectivity index (χ1n) is 5.04. The van der Waals surface area contributed by atoms with Crippen molar-refractivity contribution in [2.45, 2.75) is 13.5 Å².